The highest BCUT2D eigenvalue weighted by atomic mass is 16.5. The number of carbonyl (C=O) groups is 1. The minimum absolute atomic E-state index is 0.140. The first kappa shape index (κ1) is 23.3. The van der Waals surface area contributed by atoms with Gasteiger partial charge in [-0.05, 0) is 37.5 Å². The van der Waals surface area contributed by atoms with Crippen molar-refractivity contribution in [3.8, 4) is 5.75 Å². The van der Waals surface area contributed by atoms with Gasteiger partial charge in [0.15, 0.2) is 5.96 Å². The lowest BCUT2D eigenvalue weighted by Gasteiger charge is -2.37. The molecule has 8 nitrogen and oxygen atoms in total. The van der Waals surface area contributed by atoms with E-state index in [4.69, 9.17) is 19.2 Å². The zero-order valence-electron chi connectivity index (χ0n) is 18.8. The smallest absolute Gasteiger partial charge is 0.251 e. The molecule has 8 heteroatoms. The number of benzene rings is 1. The molecule has 0 bridgehead atoms. The predicted molar refractivity (Wildman–Crippen MR) is 120 cm³/mol. The Morgan fingerprint density at radius 3 is 2.74 bits per heavy atom. The van der Waals surface area contributed by atoms with E-state index >= 15 is 0 Å². The average molecular weight is 433 g/mol. The van der Waals surface area contributed by atoms with Crippen LogP contribution >= 0.6 is 0 Å². The Bertz CT molecular complexity index is 713. The van der Waals surface area contributed by atoms with Crippen LogP contribution in [0.25, 0.3) is 0 Å². The second kappa shape index (κ2) is 12.5. The van der Waals surface area contributed by atoms with E-state index < -0.39 is 0 Å². The van der Waals surface area contributed by atoms with Gasteiger partial charge in [-0.1, -0.05) is 12.1 Å². The molecule has 0 radical (unpaired) electrons. The Labute approximate surface area is 185 Å². The maximum Gasteiger partial charge on any atom is 0.251 e. The number of methoxy groups -OCH3 is 1. The molecule has 1 amide bonds. The summed E-state index contributed by atoms with van der Waals surface area (Å²) in [5.41, 5.74) is 1.10. The van der Waals surface area contributed by atoms with Gasteiger partial charge < -0.3 is 29.3 Å². The predicted octanol–water partition coefficient (Wildman–Crippen LogP) is 1.89. The van der Waals surface area contributed by atoms with Crippen molar-refractivity contribution in [3.63, 3.8) is 0 Å². The van der Waals surface area contributed by atoms with Crippen molar-refractivity contribution in [3.05, 3.63) is 29.8 Å². The van der Waals surface area contributed by atoms with E-state index in [0.29, 0.717) is 39.5 Å². The van der Waals surface area contributed by atoms with Crippen LogP contribution < -0.4 is 10.1 Å². The van der Waals surface area contributed by atoms with Crippen LogP contribution in [0.4, 0.5) is 0 Å². The lowest BCUT2D eigenvalue weighted by molar-refractivity contribution is -0.142. The fourth-order valence-corrected chi connectivity index (χ4v) is 3.83. The highest BCUT2D eigenvalue weighted by Crippen LogP contribution is 2.17. The molecule has 2 fully saturated rings. The lowest BCUT2D eigenvalue weighted by atomic mass is 10.2. The van der Waals surface area contributed by atoms with E-state index in [0.717, 1.165) is 56.2 Å². The highest BCUT2D eigenvalue weighted by molar-refractivity contribution is 5.82. The van der Waals surface area contributed by atoms with Gasteiger partial charge in [0.05, 0.1) is 13.2 Å². The molecule has 172 valence electrons. The van der Waals surface area contributed by atoms with Crippen LogP contribution in [0.1, 0.15) is 31.7 Å². The number of carbonyl (C=O) groups excluding carboxylic acids is 1. The van der Waals surface area contributed by atoms with E-state index in [1.54, 1.807) is 7.11 Å². The second-order valence-corrected chi connectivity index (χ2v) is 7.83. The number of nitrogens with one attached hydrogen (secondary N) is 1. The van der Waals surface area contributed by atoms with Gasteiger partial charge in [0.1, 0.15) is 11.9 Å². The normalized spacial score (nSPS) is 19.5. The number of rotatable bonds is 9. The highest BCUT2D eigenvalue weighted by Gasteiger charge is 2.30. The molecular formula is C23H36N4O4. The molecule has 1 N–H and O–H groups in total. The summed E-state index contributed by atoms with van der Waals surface area (Å²) in [4.78, 5) is 21.6. The van der Waals surface area contributed by atoms with Crippen LogP contribution in [0, 0.1) is 0 Å². The number of ether oxygens (including phenoxy) is 3. The zero-order chi connectivity index (χ0) is 21.9. The van der Waals surface area contributed by atoms with E-state index in [9.17, 15) is 4.79 Å². The quantitative estimate of drug-likeness (QED) is 0.365. The summed E-state index contributed by atoms with van der Waals surface area (Å²) in [6, 6.07) is 8.07. The monoisotopic (exact) mass is 432 g/mol. The summed E-state index contributed by atoms with van der Waals surface area (Å²) in [5, 5.41) is 3.39. The third-order valence-electron chi connectivity index (χ3n) is 5.50. The second-order valence-electron chi connectivity index (χ2n) is 7.83. The van der Waals surface area contributed by atoms with Gasteiger partial charge in [-0.2, -0.15) is 0 Å². The van der Waals surface area contributed by atoms with Gasteiger partial charge in [-0.15, -0.1) is 0 Å². The van der Waals surface area contributed by atoms with Gasteiger partial charge in [-0.25, -0.2) is 4.99 Å². The topological polar surface area (TPSA) is 75.6 Å². The van der Waals surface area contributed by atoms with Gasteiger partial charge in [-0.3, -0.25) is 4.79 Å². The van der Waals surface area contributed by atoms with Crippen LogP contribution in [0.15, 0.2) is 29.3 Å². The van der Waals surface area contributed by atoms with Crippen molar-refractivity contribution >= 4 is 11.9 Å². The maximum atomic E-state index is 12.6. The number of aliphatic imine (C=N–C) groups is 1. The van der Waals surface area contributed by atoms with Crippen LogP contribution in [0.3, 0.4) is 0 Å². The molecule has 31 heavy (non-hydrogen) atoms. The Balaban J connectivity index is 1.52. The number of nitrogens with zero attached hydrogens (tertiary/aromatic N) is 3. The molecule has 3 rings (SSSR count). The molecule has 2 aliphatic heterocycles. The molecule has 0 aliphatic carbocycles. The Morgan fingerprint density at radius 1 is 1.23 bits per heavy atom. The number of guanidine groups is 1. The Morgan fingerprint density at radius 2 is 2.03 bits per heavy atom. The largest absolute Gasteiger partial charge is 0.493 e. The minimum Gasteiger partial charge on any atom is -0.493 e. The molecule has 0 saturated carbocycles. The van der Waals surface area contributed by atoms with Gasteiger partial charge in [0.25, 0.3) is 5.91 Å². The molecule has 0 spiro atoms. The zero-order valence-corrected chi connectivity index (χ0v) is 18.8. The van der Waals surface area contributed by atoms with Crippen molar-refractivity contribution in [2.24, 2.45) is 4.99 Å². The summed E-state index contributed by atoms with van der Waals surface area (Å²) >= 11 is 0. The van der Waals surface area contributed by atoms with Gasteiger partial charge in [0.2, 0.25) is 0 Å². The number of hydrogen-bond acceptors (Lipinski definition) is 5. The molecular weight excluding hydrogens is 396 g/mol. The fraction of sp³-hybridized carbons (Fsp3) is 0.652. The molecule has 1 atom stereocenters. The lowest BCUT2D eigenvalue weighted by Crippen LogP contribution is -2.55. The van der Waals surface area contributed by atoms with Crippen molar-refractivity contribution in [1.82, 2.24) is 15.1 Å². The summed E-state index contributed by atoms with van der Waals surface area (Å²) in [5.74, 6) is 1.88. The first-order chi connectivity index (χ1) is 15.2. The molecule has 2 heterocycles. The minimum atomic E-state index is -0.238. The van der Waals surface area contributed by atoms with Gasteiger partial charge in [0, 0.05) is 59.5 Å². The molecule has 0 aromatic heterocycles. The number of hydrogen-bond donors (Lipinski definition) is 1. The van der Waals surface area contributed by atoms with E-state index in [2.05, 4.69) is 23.2 Å². The Hall–Kier alpha value is -2.32. The molecule has 2 aliphatic rings. The van der Waals surface area contributed by atoms with E-state index in [1.807, 2.05) is 23.1 Å². The summed E-state index contributed by atoms with van der Waals surface area (Å²) < 4.78 is 16.4. The molecule has 1 aromatic rings. The van der Waals surface area contributed by atoms with Crippen molar-refractivity contribution in [2.75, 3.05) is 59.7 Å². The van der Waals surface area contributed by atoms with Crippen LogP contribution in [0.5, 0.6) is 5.75 Å². The van der Waals surface area contributed by atoms with Crippen LogP contribution in [0.2, 0.25) is 0 Å². The summed E-state index contributed by atoms with van der Waals surface area (Å²) in [6.07, 6.45) is 2.45. The number of amides is 1. The van der Waals surface area contributed by atoms with Crippen molar-refractivity contribution in [1.29, 1.82) is 0 Å². The molecule has 1 aromatic carbocycles. The third-order valence-corrected chi connectivity index (χ3v) is 5.50. The fourth-order valence-electron chi connectivity index (χ4n) is 3.83. The van der Waals surface area contributed by atoms with E-state index in [1.165, 1.54) is 0 Å². The van der Waals surface area contributed by atoms with Crippen molar-refractivity contribution in [2.45, 2.75) is 38.8 Å². The number of piperazine rings is 1. The van der Waals surface area contributed by atoms with Crippen molar-refractivity contribution < 1.29 is 19.0 Å². The molecule has 2 saturated heterocycles. The first-order valence-corrected chi connectivity index (χ1v) is 11.4. The first-order valence-electron chi connectivity index (χ1n) is 11.4. The summed E-state index contributed by atoms with van der Waals surface area (Å²) in [6.45, 7) is 8.43. The average Bonchev–Trinajstić information content (AvgIpc) is 3.34. The van der Waals surface area contributed by atoms with Crippen LogP contribution in [-0.4, -0.2) is 87.4 Å². The standard InChI is InChI=1S/C23H36N4O4/c1-3-24-23(25-18-19-7-4-8-20(17-19)30-16-6-14-29-2)27-12-10-26(11-13-27)22(28)21-9-5-15-31-21/h4,7-8,17,21H,3,5-6,9-16,18H2,1-2H3,(H,24,25). The third kappa shape index (κ3) is 7.11. The SMILES string of the molecule is CCNC(=NCc1cccc(OCCCOC)c1)N1CCN(C(=O)C2CCCO2)CC1. The summed E-state index contributed by atoms with van der Waals surface area (Å²) in [7, 11) is 1.70. The Kier molecular flexibility index (Phi) is 9.42. The van der Waals surface area contributed by atoms with E-state index in [-0.39, 0.29) is 12.0 Å². The maximum absolute atomic E-state index is 12.6. The van der Waals surface area contributed by atoms with Crippen LogP contribution in [-0.2, 0) is 20.8 Å². The van der Waals surface area contributed by atoms with Gasteiger partial charge >= 0.3 is 0 Å². The molecule has 1 unspecified atom stereocenters.